The largest absolute Gasteiger partial charge is 0.487 e. The van der Waals surface area contributed by atoms with Crippen LogP contribution in [0.3, 0.4) is 0 Å². The quantitative estimate of drug-likeness (QED) is 0.712. The van der Waals surface area contributed by atoms with E-state index in [9.17, 15) is 9.59 Å². The molecule has 3 heterocycles. The number of ether oxygens (including phenoxy) is 1. The fraction of sp³-hybridized carbons (Fsp3) is 0.238. The number of rotatable bonds is 5. The summed E-state index contributed by atoms with van der Waals surface area (Å²) in [6, 6.07) is 10.3. The maximum Gasteiger partial charge on any atom is 0.277 e. The van der Waals surface area contributed by atoms with E-state index < -0.39 is 17.9 Å². The van der Waals surface area contributed by atoms with Gasteiger partial charge in [0.05, 0.1) is 12.7 Å². The van der Waals surface area contributed by atoms with E-state index in [4.69, 9.17) is 14.9 Å². The van der Waals surface area contributed by atoms with E-state index in [0.717, 1.165) is 11.1 Å². The third kappa shape index (κ3) is 3.82. The molecule has 1 aliphatic rings. The number of nitrogens with zero attached hydrogens (tertiary/aromatic N) is 3. The Morgan fingerprint density at radius 3 is 2.86 bits per heavy atom. The maximum absolute atomic E-state index is 13.2. The van der Waals surface area contributed by atoms with Crippen molar-refractivity contribution in [1.29, 1.82) is 0 Å². The lowest BCUT2D eigenvalue weighted by atomic mass is 10.1. The average molecular weight is 392 g/mol. The van der Waals surface area contributed by atoms with E-state index in [2.05, 4.69) is 9.97 Å². The van der Waals surface area contributed by atoms with Gasteiger partial charge in [0.2, 0.25) is 5.91 Å². The van der Waals surface area contributed by atoms with Crippen LogP contribution in [0.1, 0.15) is 22.5 Å². The smallest absolute Gasteiger partial charge is 0.277 e. The van der Waals surface area contributed by atoms with Crippen LogP contribution < -0.4 is 10.5 Å². The molecule has 1 fully saturated rings. The van der Waals surface area contributed by atoms with Gasteiger partial charge in [-0.15, -0.1) is 0 Å². The highest BCUT2D eigenvalue weighted by atomic mass is 16.5. The van der Waals surface area contributed by atoms with Crippen molar-refractivity contribution in [2.75, 3.05) is 6.54 Å². The van der Waals surface area contributed by atoms with Gasteiger partial charge in [-0.1, -0.05) is 23.8 Å². The molecule has 2 atom stereocenters. The predicted octanol–water partition coefficient (Wildman–Crippen LogP) is 2.19. The van der Waals surface area contributed by atoms with Gasteiger partial charge in [0, 0.05) is 18.2 Å². The first-order valence-electron chi connectivity index (χ1n) is 9.20. The number of primary amides is 1. The van der Waals surface area contributed by atoms with Crippen LogP contribution in [0, 0.1) is 6.92 Å². The minimum absolute atomic E-state index is 0.142. The van der Waals surface area contributed by atoms with Crippen molar-refractivity contribution in [3.05, 3.63) is 66.4 Å². The van der Waals surface area contributed by atoms with Crippen LogP contribution in [0.15, 0.2) is 59.6 Å². The van der Waals surface area contributed by atoms with Crippen LogP contribution in [-0.4, -0.2) is 45.4 Å². The average Bonchev–Trinajstić information content (AvgIpc) is 3.36. The molecular formula is C21H20N4O4. The molecular weight excluding hydrogens is 372 g/mol. The molecule has 29 heavy (non-hydrogen) atoms. The second-order valence-electron chi connectivity index (χ2n) is 6.94. The lowest BCUT2D eigenvalue weighted by Crippen LogP contribution is -2.44. The van der Waals surface area contributed by atoms with Gasteiger partial charge in [-0.25, -0.2) is 4.98 Å². The van der Waals surface area contributed by atoms with Crippen LogP contribution in [0.25, 0.3) is 11.3 Å². The van der Waals surface area contributed by atoms with Crippen molar-refractivity contribution < 1.29 is 18.7 Å². The molecule has 4 rings (SSSR count). The molecule has 1 saturated heterocycles. The summed E-state index contributed by atoms with van der Waals surface area (Å²) in [5.74, 6) is -0.0805. The Morgan fingerprint density at radius 2 is 2.14 bits per heavy atom. The van der Waals surface area contributed by atoms with Crippen molar-refractivity contribution in [3.63, 3.8) is 0 Å². The molecule has 8 heteroatoms. The number of carbonyl (C=O) groups is 2. The predicted molar refractivity (Wildman–Crippen MR) is 104 cm³/mol. The van der Waals surface area contributed by atoms with Crippen LogP contribution >= 0.6 is 0 Å². The number of aryl methyl sites for hydroxylation is 1. The van der Waals surface area contributed by atoms with E-state index in [0.29, 0.717) is 17.9 Å². The monoisotopic (exact) mass is 392 g/mol. The van der Waals surface area contributed by atoms with Crippen LogP contribution in [0.4, 0.5) is 0 Å². The molecule has 2 amide bonds. The molecule has 0 saturated carbocycles. The number of amides is 2. The van der Waals surface area contributed by atoms with Gasteiger partial charge < -0.3 is 19.8 Å². The Balaban J connectivity index is 1.59. The van der Waals surface area contributed by atoms with Gasteiger partial charge in [-0.2, -0.15) is 0 Å². The highest BCUT2D eigenvalue weighted by Gasteiger charge is 2.41. The first-order valence-corrected chi connectivity index (χ1v) is 9.20. The van der Waals surface area contributed by atoms with E-state index in [1.54, 1.807) is 24.5 Å². The molecule has 2 aromatic heterocycles. The highest BCUT2D eigenvalue weighted by molar-refractivity contribution is 6.00. The van der Waals surface area contributed by atoms with Crippen molar-refractivity contribution >= 4 is 11.8 Å². The van der Waals surface area contributed by atoms with Gasteiger partial charge in [0.1, 0.15) is 17.9 Å². The summed E-state index contributed by atoms with van der Waals surface area (Å²) in [4.78, 5) is 34.7. The SMILES string of the molecule is Cc1cccc(-c2ocnc2C(=O)N2C[C@@H](Oc3cccnc3)C[C@H]2C(N)=O)c1. The molecule has 148 valence electrons. The Morgan fingerprint density at radius 1 is 1.28 bits per heavy atom. The Kier molecular flexibility index (Phi) is 4.99. The van der Waals surface area contributed by atoms with E-state index in [-0.39, 0.29) is 18.3 Å². The number of nitrogens with two attached hydrogens (primary N) is 1. The zero-order valence-electron chi connectivity index (χ0n) is 15.8. The Bertz CT molecular complexity index is 1030. The number of oxazole rings is 1. The number of benzene rings is 1. The van der Waals surface area contributed by atoms with Crippen molar-refractivity contribution in [2.45, 2.75) is 25.5 Å². The molecule has 0 spiro atoms. The van der Waals surface area contributed by atoms with Crippen molar-refractivity contribution in [2.24, 2.45) is 5.73 Å². The summed E-state index contributed by atoms with van der Waals surface area (Å²) in [6.45, 7) is 2.16. The fourth-order valence-electron chi connectivity index (χ4n) is 3.51. The molecule has 3 aromatic rings. The number of pyridine rings is 1. The molecule has 1 aromatic carbocycles. The molecule has 8 nitrogen and oxygen atoms in total. The molecule has 1 aliphatic heterocycles. The van der Waals surface area contributed by atoms with Crippen LogP contribution in [0.5, 0.6) is 5.75 Å². The number of aromatic nitrogens is 2. The molecule has 0 unspecified atom stereocenters. The lowest BCUT2D eigenvalue weighted by Gasteiger charge is -2.21. The molecule has 0 bridgehead atoms. The molecule has 2 N–H and O–H groups in total. The van der Waals surface area contributed by atoms with E-state index >= 15 is 0 Å². The van der Waals surface area contributed by atoms with Gasteiger partial charge in [-0.3, -0.25) is 14.6 Å². The molecule has 0 aliphatic carbocycles. The minimum atomic E-state index is -0.786. The second kappa shape index (κ2) is 7.75. The third-order valence-electron chi connectivity index (χ3n) is 4.84. The topological polar surface area (TPSA) is 112 Å². The summed E-state index contributed by atoms with van der Waals surface area (Å²) >= 11 is 0. The number of likely N-dealkylation sites (tertiary alicyclic amines) is 1. The molecule has 0 radical (unpaired) electrons. The number of hydrogen-bond donors (Lipinski definition) is 1. The summed E-state index contributed by atoms with van der Waals surface area (Å²) in [5.41, 5.74) is 7.47. The van der Waals surface area contributed by atoms with Gasteiger partial charge >= 0.3 is 0 Å². The Hall–Kier alpha value is -3.68. The minimum Gasteiger partial charge on any atom is -0.487 e. The number of carbonyl (C=O) groups excluding carboxylic acids is 2. The first kappa shape index (κ1) is 18.7. The Labute approximate surface area is 167 Å². The lowest BCUT2D eigenvalue weighted by molar-refractivity contribution is -0.121. The zero-order valence-corrected chi connectivity index (χ0v) is 15.8. The van der Waals surface area contributed by atoms with E-state index in [1.165, 1.54) is 11.3 Å². The summed E-state index contributed by atoms with van der Waals surface area (Å²) in [6.07, 6.45) is 4.37. The van der Waals surface area contributed by atoms with E-state index in [1.807, 2.05) is 31.2 Å². The van der Waals surface area contributed by atoms with Gasteiger partial charge in [-0.05, 0) is 25.1 Å². The van der Waals surface area contributed by atoms with Gasteiger partial charge in [0.15, 0.2) is 17.8 Å². The van der Waals surface area contributed by atoms with Crippen molar-refractivity contribution in [3.8, 4) is 17.1 Å². The second-order valence-corrected chi connectivity index (χ2v) is 6.94. The maximum atomic E-state index is 13.2. The first-order chi connectivity index (χ1) is 14.0. The van der Waals surface area contributed by atoms with Crippen LogP contribution in [0.2, 0.25) is 0 Å². The third-order valence-corrected chi connectivity index (χ3v) is 4.84. The van der Waals surface area contributed by atoms with Crippen LogP contribution in [-0.2, 0) is 4.79 Å². The van der Waals surface area contributed by atoms with Crippen molar-refractivity contribution in [1.82, 2.24) is 14.9 Å². The fourth-order valence-corrected chi connectivity index (χ4v) is 3.51. The summed E-state index contributed by atoms with van der Waals surface area (Å²) in [7, 11) is 0. The summed E-state index contributed by atoms with van der Waals surface area (Å²) in [5, 5.41) is 0. The normalized spacial score (nSPS) is 18.6. The van der Waals surface area contributed by atoms with Gasteiger partial charge in [0.25, 0.3) is 5.91 Å². The zero-order chi connectivity index (χ0) is 20.4. The number of hydrogen-bond acceptors (Lipinski definition) is 6. The highest BCUT2D eigenvalue weighted by Crippen LogP contribution is 2.29. The summed E-state index contributed by atoms with van der Waals surface area (Å²) < 4.78 is 11.4. The standard InChI is InChI=1S/C21H20N4O4/c1-13-4-2-5-14(8-13)19-18(24-12-28-19)21(27)25-11-16(9-17(25)20(22)26)29-15-6-3-7-23-10-15/h2-8,10,12,16-17H,9,11H2,1H3,(H2,22,26)/t16-,17-/m0/s1.